The maximum Gasteiger partial charge on any atom is 0.191 e. The summed E-state index contributed by atoms with van der Waals surface area (Å²) in [6.45, 7) is 10.8. The molecule has 0 aliphatic heterocycles. The molecule has 6 heteroatoms. The monoisotopic (exact) mass is 288 g/mol. The molecule has 0 aliphatic carbocycles. The lowest BCUT2D eigenvalue weighted by Crippen LogP contribution is -2.39. The van der Waals surface area contributed by atoms with Gasteiger partial charge in [0.15, 0.2) is 5.96 Å². The predicted molar refractivity (Wildman–Crippen MR) is 84.5 cm³/mol. The Balaban J connectivity index is 3.77. The maximum absolute atomic E-state index is 5.29. The van der Waals surface area contributed by atoms with Crippen LogP contribution in [-0.2, 0) is 9.47 Å². The van der Waals surface area contributed by atoms with Gasteiger partial charge in [0.2, 0.25) is 0 Å². The van der Waals surface area contributed by atoms with Gasteiger partial charge in [0.25, 0.3) is 0 Å². The van der Waals surface area contributed by atoms with Crippen molar-refractivity contribution in [2.45, 2.75) is 20.3 Å². The van der Waals surface area contributed by atoms with E-state index in [1.54, 1.807) is 7.11 Å². The van der Waals surface area contributed by atoms with Gasteiger partial charge >= 0.3 is 0 Å². The zero-order chi connectivity index (χ0) is 15.1. The van der Waals surface area contributed by atoms with E-state index in [-0.39, 0.29) is 0 Å². The normalized spacial score (nSPS) is 11.9. The summed E-state index contributed by atoms with van der Waals surface area (Å²) < 4.78 is 10.3. The molecule has 6 nitrogen and oxygen atoms in total. The van der Waals surface area contributed by atoms with Crippen molar-refractivity contribution in [3.05, 3.63) is 0 Å². The minimum absolute atomic E-state index is 0.709. The van der Waals surface area contributed by atoms with Gasteiger partial charge in [-0.3, -0.25) is 4.99 Å². The third-order valence-electron chi connectivity index (χ3n) is 2.73. The fraction of sp³-hybridized carbons (Fsp3) is 0.929. The highest BCUT2D eigenvalue weighted by atomic mass is 16.5. The second-order valence-corrected chi connectivity index (χ2v) is 4.53. The van der Waals surface area contributed by atoms with Crippen molar-refractivity contribution < 1.29 is 9.47 Å². The van der Waals surface area contributed by atoms with E-state index >= 15 is 0 Å². The molecule has 0 fully saturated rings. The molecule has 0 aromatic heterocycles. The molecule has 120 valence electrons. The number of nitrogens with one attached hydrogen (secondary N) is 2. The molecule has 0 heterocycles. The van der Waals surface area contributed by atoms with Crippen molar-refractivity contribution in [2.24, 2.45) is 4.99 Å². The molecule has 0 bridgehead atoms. The van der Waals surface area contributed by atoms with Crippen LogP contribution in [0.4, 0.5) is 0 Å². The quantitative estimate of drug-likeness (QED) is 0.312. The Labute approximate surface area is 123 Å². The first-order chi connectivity index (χ1) is 9.74. The molecule has 0 spiro atoms. The number of ether oxygens (including phenoxy) is 2. The number of aliphatic imine (C=N–C) groups is 1. The number of nitrogens with zero attached hydrogens (tertiary/aromatic N) is 2. The van der Waals surface area contributed by atoms with Crippen LogP contribution in [0.5, 0.6) is 0 Å². The van der Waals surface area contributed by atoms with Crippen LogP contribution >= 0.6 is 0 Å². The smallest absolute Gasteiger partial charge is 0.191 e. The van der Waals surface area contributed by atoms with Gasteiger partial charge < -0.3 is 25.0 Å². The van der Waals surface area contributed by atoms with Gasteiger partial charge in [-0.25, -0.2) is 0 Å². The van der Waals surface area contributed by atoms with Crippen molar-refractivity contribution in [1.82, 2.24) is 15.5 Å². The van der Waals surface area contributed by atoms with Crippen molar-refractivity contribution in [2.75, 3.05) is 66.7 Å². The van der Waals surface area contributed by atoms with Gasteiger partial charge in [-0.05, 0) is 33.9 Å². The fourth-order valence-corrected chi connectivity index (χ4v) is 1.62. The van der Waals surface area contributed by atoms with Crippen LogP contribution in [0.3, 0.4) is 0 Å². The number of hydrogen-bond acceptors (Lipinski definition) is 4. The zero-order valence-electron chi connectivity index (χ0n) is 13.6. The summed E-state index contributed by atoms with van der Waals surface area (Å²) in [5, 5.41) is 6.49. The average Bonchev–Trinajstić information content (AvgIpc) is 2.45. The van der Waals surface area contributed by atoms with Crippen LogP contribution in [0.15, 0.2) is 4.99 Å². The van der Waals surface area contributed by atoms with Gasteiger partial charge in [-0.1, -0.05) is 0 Å². The summed E-state index contributed by atoms with van der Waals surface area (Å²) in [6, 6.07) is 0. The SMILES string of the molecule is CCNC(=NCCCN(C)CCOC)NCCOCC. The van der Waals surface area contributed by atoms with E-state index in [2.05, 4.69) is 34.5 Å². The van der Waals surface area contributed by atoms with E-state index in [4.69, 9.17) is 9.47 Å². The maximum atomic E-state index is 5.29. The highest BCUT2D eigenvalue weighted by Gasteiger charge is 1.98. The molecule has 0 radical (unpaired) electrons. The number of rotatable bonds is 12. The molecule has 0 aliphatic rings. The van der Waals surface area contributed by atoms with Crippen molar-refractivity contribution in [1.29, 1.82) is 0 Å². The first kappa shape index (κ1) is 19.1. The molecular formula is C14H32N4O2. The molecule has 0 saturated heterocycles. The highest BCUT2D eigenvalue weighted by molar-refractivity contribution is 5.79. The summed E-state index contributed by atoms with van der Waals surface area (Å²) in [5.74, 6) is 0.867. The molecule has 2 N–H and O–H groups in total. The molecular weight excluding hydrogens is 256 g/mol. The Hall–Kier alpha value is -0.850. The topological polar surface area (TPSA) is 58.1 Å². The summed E-state index contributed by atoms with van der Waals surface area (Å²) in [6.07, 6.45) is 1.04. The lowest BCUT2D eigenvalue weighted by Gasteiger charge is -2.15. The number of likely N-dealkylation sites (N-methyl/N-ethyl adjacent to an activating group) is 1. The predicted octanol–water partition coefficient (Wildman–Crippen LogP) is 0.546. The molecule has 0 atom stereocenters. The Morgan fingerprint density at radius 3 is 2.60 bits per heavy atom. The minimum Gasteiger partial charge on any atom is -0.383 e. The second kappa shape index (κ2) is 14.6. The number of methoxy groups -OCH3 is 1. The van der Waals surface area contributed by atoms with Crippen LogP contribution in [0, 0.1) is 0 Å². The van der Waals surface area contributed by atoms with E-state index in [0.29, 0.717) is 6.61 Å². The van der Waals surface area contributed by atoms with Crippen molar-refractivity contribution >= 4 is 5.96 Å². The van der Waals surface area contributed by atoms with E-state index in [1.807, 2.05) is 6.92 Å². The van der Waals surface area contributed by atoms with Gasteiger partial charge in [0, 0.05) is 39.9 Å². The van der Waals surface area contributed by atoms with Gasteiger partial charge in [0.1, 0.15) is 0 Å². The first-order valence-corrected chi connectivity index (χ1v) is 7.52. The Morgan fingerprint density at radius 1 is 1.15 bits per heavy atom. The lowest BCUT2D eigenvalue weighted by molar-refractivity contribution is 0.152. The van der Waals surface area contributed by atoms with Crippen molar-refractivity contribution in [3.8, 4) is 0 Å². The largest absolute Gasteiger partial charge is 0.383 e. The molecule has 0 rings (SSSR count). The third-order valence-corrected chi connectivity index (χ3v) is 2.73. The lowest BCUT2D eigenvalue weighted by atomic mass is 10.4. The molecule has 0 amide bonds. The van der Waals surface area contributed by atoms with Crippen molar-refractivity contribution in [3.63, 3.8) is 0 Å². The Kier molecular flexibility index (Phi) is 13.9. The van der Waals surface area contributed by atoms with Crippen LogP contribution < -0.4 is 10.6 Å². The zero-order valence-corrected chi connectivity index (χ0v) is 13.6. The molecule has 0 aromatic carbocycles. The third kappa shape index (κ3) is 12.2. The number of hydrogen-bond donors (Lipinski definition) is 2. The van der Waals surface area contributed by atoms with Crippen LogP contribution in [0.1, 0.15) is 20.3 Å². The Bertz CT molecular complexity index is 237. The molecule has 20 heavy (non-hydrogen) atoms. The second-order valence-electron chi connectivity index (χ2n) is 4.53. The average molecular weight is 288 g/mol. The summed E-state index contributed by atoms with van der Waals surface area (Å²) in [4.78, 5) is 6.80. The van der Waals surface area contributed by atoms with Gasteiger partial charge in [-0.15, -0.1) is 0 Å². The number of guanidine groups is 1. The van der Waals surface area contributed by atoms with E-state index < -0.39 is 0 Å². The van der Waals surface area contributed by atoms with Gasteiger partial charge in [-0.2, -0.15) is 0 Å². The van der Waals surface area contributed by atoms with Crippen LogP contribution in [-0.4, -0.2) is 77.6 Å². The molecule has 0 unspecified atom stereocenters. The molecule has 0 saturated carbocycles. The fourth-order valence-electron chi connectivity index (χ4n) is 1.62. The standard InChI is InChI=1S/C14H32N4O2/c1-5-15-14(17-9-12-20-6-2)16-8-7-10-18(3)11-13-19-4/h5-13H2,1-4H3,(H2,15,16,17). The molecule has 0 aromatic rings. The highest BCUT2D eigenvalue weighted by Crippen LogP contribution is 1.89. The van der Waals surface area contributed by atoms with E-state index in [1.165, 1.54) is 0 Å². The van der Waals surface area contributed by atoms with Crippen LogP contribution in [0.2, 0.25) is 0 Å². The van der Waals surface area contributed by atoms with Gasteiger partial charge in [0.05, 0.1) is 13.2 Å². The van der Waals surface area contributed by atoms with E-state index in [9.17, 15) is 0 Å². The van der Waals surface area contributed by atoms with E-state index in [0.717, 1.165) is 58.3 Å². The first-order valence-electron chi connectivity index (χ1n) is 7.52. The van der Waals surface area contributed by atoms with Crippen LogP contribution in [0.25, 0.3) is 0 Å². The minimum atomic E-state index is 0.709. The summed E-state index contributed by atoms with van der Waals surface area (Å²) in [5.41, 5.74) is 0. The Morgan fingerprint density at radius 2 is 1.95 bits per heavy atom. The summed E-state index contributed by atoms with van der Waals surface area (Å²) >= 11 is 0. The summed E-state index contributed by atoms with van der Waals surface area (Å²) in [7, 11) is 3.84.